The van der Waals surface area contributed by atoms with Gasteiger partial charge in [0, 0.05) is 31.2 Å². The maximum atomic E-state index is 3.46. The third-order valence-corrected chi connectivity index (χ3v) is 4.57. The van der Waals surface area contributed by atoms with Crippen LogP contribution in [0.2, 0.25) is 0 Å². The number of fused-ring (bicyclic) bond motifs is 2. The fourth-order valence-corrected chi connectivity index (χ4v) is 3.32. The number of nitrogens with one attached hydrogen (secondary N) is 1. The summed E-state index contributed by atoms with van der Waals surface area (Å²) in [6.07, 6.45) is 5.59. The Balaban J connectivity index is 1.83. The van der Waals surface area contributed by atoms with E-state index in [1.165, 1.54) is 45.3 Å². The van der Waals surface area contributed by atoms with Crippen molar-refractivity contribution >= 4 is 0 Å². The predicted octanol–water partition coefficient (Wildman–Crippen LogP) is 1.15. The Morgan fingerprint density at radius 3 is 2.38 bits per heavy atom. The number of rotatable bonds is 5. The third-order valence-electron chi connectivity index (χ3n) is 4.57. The minimum absolute atomic E-state index is 0.776. The SMILES string of the molecule is CCN(C)CCN1C2CCC1CC(NC)C2. The highest BCUT2D eigenvalue weighted by molar-refractivity contribution is 4.97. The van der Waals surface area contributed by atoms with Crippen LogP contribution in [0.1, 0.15) is 32.6 Å². The van der Waals surface area contributed by atoms with Gasteiger partial charge < -0.3 is 10.2 Å². The van der Waals surface area contributed by atoms with E-state index >= 15 is 0 Å². The molecule has 0 amide bonds. The average molecular weight is 225 g/mol. The fraction of sp³-hybridized carbons (Fsp3) is 1.00. The lowest BCUT2D eigenvalue weighted by Crippen LogP contribution is -2.50. The zero-order valence-electron chi connectivity index (χ0n) is 11.1. The lowest BCUT2D eigenvalue weighted by atomic mass is 9.97. The molecule has 2 saturated heterocycles. The quantitative estimate of drug-likeness (QED) is 0.757. The molecule has 0 aliphatic carbocycles. The van der Waals surface area contributed by atoms with Crippen molar-refractivity contribution in [1.29, 1.82) is 0 Å². The summed E-state index contributed by atoms with van der Waals surface area (Å²) in [6.45, 7) is 5.91. The van der Waals surface area contributed by atoms with E-state index in [2.05, 4.69) is 36.1 Å². The summed E-state index contributed by atoms with van der Waals surface area (Å²) < 4.78 is 0. The molecule has 2 fully saturated rings. The van der Waals surface area contributed by atoms with E-state index < -0.39 is 0 Å². The summed E-state index contributed by atoms with van der Waals surface area (Å²) in [4.78, 5) is 5.20. The van der Waals surface area contributed by atoms with Crippen molar-refractivity contribution < 1.29 is 0 Å². The largest absolute Gasteiger partial charge is 0.317 e. The lowest BCUT2D eigenvalue weighted by Gasteiger charge is -2.39. The van der Waals surface area contributed by atoms with Crippen LogP contribution in [0, 0.1) is 0 Å². The highest BCUT2D eigenvalue weighted by Gasteiger charge is 2.39. The van der Waals surface area contributed by atoms with Gasteiger partial charge in [0.1, 0.15) is 0 Å². The average Bonchev–Trinajstić information content (AvgIpc) is 2.55. The standard InChI is InChI=1S/C13H27N3/c1-4-15(3)7-8-16-12-5-6-13(16)10-11(9-12)14-2/h11-14H,4-10H2,1-3H3. The first kappa shape index (κ1) is 12.3. The summed E-state index contributed by atoms with van der Waals surface area (Å²) in [5.41, 5.74) is 0. The van der Waals surface area contributed by atoms with Crippen molar-refractivity contribution in [2.24, 2.45) is 0 Å². The molecule has 2 atom stereocenters. The van der Waals surface area contributed by atoms with Gasteiger partial charge in [-0.05, 0) is 46.3 Å². The molecule has 94 valence electrons. The van der Waals surface area contributed by atoms with Crippen molar-refractivity contribution in [3.63, 3.8) is 0 Å². The number of hydrogen-bond donors (Lipinski definition) is 1. The molecule has 0 aromatic heterocycles. The van der Waals surface area contributed by atoms with Crippen LogP contribution in [-0.2, 0) is 0 Å². The number of piperidine rings is 1. The molecule has 0 aromatic rings. The van der Waals surface area contributed by atoms with Gasteiger partial charge in [-0.3, -0.25) is 4.90 Å². The van der Waals surface area contributed by atoms with Crippen molar-refractivity contribution in [2.45, 2.75) is 50.7 Å². The molecule has 2 aliphatic rings. The Morgan fingerprint density at radius 2 is 1.88 bits per heavy atom. The van der Waals surface area contributed by atoms with Crippen LogP contribution in [0.25, 0.3) is 0 Å². The third kappa shape index (κ3) is 2.58. The van der Waals surface area contributed by atoms with Gasteiger partial charge in [0.2, 0.25) is 0 Å². The first-order chi connectivity index (χ1) is 7.74. The first-order valence-electron chi connectivity index (χ1n) is 6.86. The monoisotopic (exact) mass is 225 g/mol. The zero-order valence-corrected chi connectivity index (χ0v) is 11.1. The Morgan fingerprint density at radius 1 is 1.25 bits per heavy atom. The Hall–Kier alpha value is -0.120. The number of likely N-dealkylation sites (N-methyl/N-ethyl adjacent to an activating group) is 1. The van der Waals surface area contributed by atoms with Crippen molar-refractivity contribution in [3.05, 3.63) is 0 Å². The Labute approximate surface area is 100 Å². The summed E-state index contributed by atoms with van der Waals surface area (Å²) in [5.74, 6) is 0. The molecule has 0 saturated carbocycles. The molecule has 2 unspecified atom stereocenters. The molecule has 2 bridgehead atoms. The molecule has 3 heteroatoms. The van der Waals surface area contributed by atoms with Crippen LogP contribution in [-0.4, -0.2) is 61.7 Å². The van der Waals surface area contributed by atoms with E-state index in [-0.39, 0.29) is 0 Å². The van der Waals surface area contributed by atoms with Crippen molar-refractivity contribution in [3.8, 4) is 0 Å². The molecular formula is C13H27N3. The van der Waals surface area contributed by atoms with Crippen molar-refractivity contribution in [2.75, 3.05) is 33.7 Å². The van der Waals surface area contributed by atoms with E-state index in [1.54, 1.807) is 0 Å². The molecule has 2 aliphatic heterocycles. The second-order valence-corrected chi connectivity index (χ2v) is 5.48. The summed E-state index contributed by atoms with van der Waals surface area (Å²) in [7, 11) is 4.34. The van der Waals surface area contributed by atoms with Gasteiger partial charge in [-0.1, -0.05) is 6.92 Å². The minimum atomic E-state index is 0.776. The maximum absolute atomic E-state index is 3.46. The second-order valence-electron chi connectivity index (χ2n) is 5.48. The van der Waals surface area contributed by atoms with Gasteiger partial charge in [0.25, 0.3) is 0 Å². The molecule has 0 aromatic carbocycles. The highest BCUT2D eigenvalue weighted by Crippen LogP contribution is 2.35. The summed E-state index contributed by atoms with van der Waals surface area (Å²) in [6, 6.07) is 2.50. The van der Waals surface area contributed by atoms with Crippen LogP contribution < -0.4 is 5.32 Å². The normalized spacial score (nSPS) is 34.9. The molecule has 0 spiro atoms. The van der Waals surface area contributed by atoms with E-state index in [9.17, 15) is 0 Å². The van der Waals surface area contributed by atoms with Gasteiger partial charge in [0.05, 0.1) is 0 Å². The van der Waals surface area contributed by atoms with Crippen LogP contribution in [0.3, 0.4) is 0 Å². The highest BCUT2D eigenvalue weighted by atomic mass is 15.3. The van der Waals surface area contributed by atoms with Crippen LogP contribution >= 0.6 is 0 Å². The first-order valence-corrected chi connectivity index (χ1v) is 6.86. The smallest absolute Gasteiger partial charge is 0.0115 e. The number of nitrogens with zero attached hydrogens (tertiary/aromatic N) is 2. The van der Waals surface area contributed by atoms with Gasteiger partial charge >= 0.3 is 0 Å². The van der Waals surface area contributed by atoms with E-state index in [4.69, 9.17) is 0 Å². The predicted molar refractivity (Wildman–Crippen MR) is 68.8 cm³/mol. The van der Waals surface area contributed by atoms with E-state index in [0.29, 0.717) is 0 Å². The lowest BCUT2D eigenvalue weighted by molar-refractivity contribution is 0.108. The maximum Gasteiger partial charge on any atom is 0.0115 e. The molecule has 2 heterocycles. The van der Waals surface area contributed by atoms with E-state index in [1.807, 2.05) is 0 Å². The van der Waals surface area contributed by atoms with Crippen LogP contribution in [0.5, 0.6) is 0 Å². The number of hydrogen-bond acceptors (Lipinski definition) is 3. The molecule has 2 rings (SSSR count). The molecular weight excluding hydrogens is 198 g/mol. The fourth-order valence-electron chi connectivity index (χ4n) is 3.32. The molecule has 3 nitrogen and oxygen atoms in total. The molecule has 1 N–H and O–H groups in total. The topological polar surface area (TPSA) is 18.5 Å². The van der Waals surface area contributed by atoms with E-state index in [0.717, 1.165) is 18.1 Å². The van der Waals surface area contributed by atoms with Gasteiger partial charge in [-0.2, -0.15) is 0 Å². The van der Waals surface area contributed by atoms with Gasteiger partial charge in [0.15, 0.2) is 0 Å². The molecule has 16 heavy (non-hydrogen) atoms. The summed E-state index contributed by atoms with van der Waals surface area (Å²) in [5, 5.41) is 3.46. The Kier molecular flexibility index (Phi) is 4.22. The minimum Gasteiger partial charge on any atom is -0.317 e. The van der Waals surface area contributed by atoms with Gasteiger partial charge in [-0.15, -0.1) is 0 Å². The zero-order chi connectivity index (χ0) is 11.5. The summed E-state index contributed by atoms with van der Waals surface area (Å²) >= 11 is 0. The molecule has 0 radical (unpaired) electrons. The van der Waals surface area contributed by atoms with Crippen molar-refractivity contribution in [1.82, 2.24) is 15.1 Å². The van der Waals surface area contributed by atoms with Crippen LogP contribution in [0.15, 0.2) is 0 Å². The second kappa shape index (κ2) is 5.48. The Bertz CT molecular complexity index is 205. The van der Waals surface area contributed by atoms with Crippen LogP contribution in [0.4, 0.5) is 0 Å². The van der Waals surface area contributed by atoms with Gasteiger partial charge in [-0.25, -0.2) is 0 Å².